The lowest BCUT2D eigenvalue weighted by Gasteiger charge is -2.39. The van der Waals surface area contributed by atoms with Crippen LogP contribution in [0.1, 0.15) is 23.3 Å². The number of hydrogen-bond donors (Lipinski definition) is 1. The van der Waals surface area contributed by atoms with Gasteiger partial charge in [0.15, 0.2) is 11.4 Å². The monoisotopic (exact) mass is 373 g/mol. The molecule has 1 aliphatic rings. The van der Waals surface area contributed by atoms with Gasteiger partial charge >= 0.3 is 5.97 Å². The lowest BCUT2D eigenvalue weighted by molar-refractivity contribution is -0.155. The lowest BCUT2D eigenvalue weighted by atomic mass is 9.80. The number of nitrogens with zero attached hydrogens (tertiary/aromatic N) is 3. The molecule has 1 N–H and O–H groups in total. The third kappa shape index (κ3) is 3.66. The maximum Gasteiger partial charge on any atom is 0.313 e. The van der Waals surface area contributed by atoms with Crippen LogP contribution in [0.15, 0.2) is 36.5 Å². The van der Waals surface area contributed by atoms with E-state index in [1.807, 2.05) is 30.3 Å². The van der Waals surface area contributed by atoms with Gasteiger partial charge in [0.2, 0.25) is 0 Å². The van der Waals surface area contributed by atoms with Gasteiger partial charge in [-0.25, -0.2) is 4.68 Å². The molecule has 1 fully saturated rings. The average Bonchev–Trinajstić information content (AvgIpc) is 3.13. The maximum absolute atomic E-state index is 13.1. The fourth-order valence-electron chi connectivity index (χ4n) is 3.45. The zero-order valence-corrected chi connectivity index (χ0v) is 15.4. The Morgan fingerprint density at radius 2 is 2.00 bits per heavy atom. The normalized spacial score (nSPS) is 19.7. The third-order valence-corrected chi connectivity index (χ3v) is 4.86. The maximum atomic E-state index is 13.1. The van der Waals surface area contributed by atoms with Crippen LogP contribution in [-0.2, 0) is 9.53 Å². The van der Waals surface area contributed by atoms with Crippen molar-refractivity contribution < 1.29 is 24.2 Å². The summed E-state index contributed by atoms with van der Waals surface area (Å²) >= 11 is 0. The van der Waals surface area contributed by atoms with Gasteiger partial charge < -0.3 is 19.5 Å². The molecule has 1 atom stereocenters. The first-order valence-electron chi connectivity index (χ1n) is 8.71. The van der Waals surface area contributed by atoms with Crippen molar-refractivity contribution in [1.82, 2.24) is 14.7 Å². The smallest absolute Gasteiger partial charge is 0.313 e. The summed E-state index contributed by atoms with van der Waals surface area (Å²) in [5, 5.41) is 14.1. The van der Waals surface area contributed by atoms with Crippen LogP contribution < -0.4 is 4.74 Å². The van der Waals surface area contributed by atoms with Crippen molar-refractivity contribution in [2.75, 3.05) is 33.9 Å². The van der Waals surface area contributed by atoms with Crippen molar-refractivity contribution >= 4 is 11.9 Å². The number of para-hydroxylation sites is 1. The molecule has 8 nitrogen and oxygen atoms in total. The molecule has 0 saturated carbocycles. The molecule has 1 aromatic carbocycles. The Hall–Kier alpha value is -2.87. The number of carboxylic acid groups (broad SMARTS) is 1. The number of rotatable bonds is 6. The quantitative estimate of drug-likeness (QED) is 0.830. The highest BCUT2D eigenvalue weighted by atomic mass is 16.5. The highest BCUT2D eigenvalue weighted by Gasteiger charge is 2.44. The van der Waals surface area contributed by atoms with E-state index < -0.39 is 11.4 Å². The molecule has 0 bridgehead atoms. The molecule has 1 aromatic heterocycles. The van der Waals surface area contributed by atoms with Gasteiger partial charge in [-0.3, -0.25) is 9.59 Å². The second kappa shape index (κ2) is 7.79. The number of hydrogen-bond acceptors (Lipinski definition) is 5. The summed E-state index contributed by atoms with van der Waals surface area (Å²) < 4.78 is 12.0. The summed E-state index contributed by atoms with van der Waals surface area (Å²) in [6, 6.07) is 9.39. The zero-order valence-electron chi connectivity index (χ0n) is 15.4. The Morgan fingerprint density at radius 3 is 2.63 bits per heavy atom. The highest BCUT2D eigenvalue weighted by Crippen LogP contribution is 2.32. The number of aliphatic carboxylic acids is 1. The van der Waals surface area contributed by atoms with Gasteiger partial charge in [-0.2, -0.15) is 5.10 Å². The van der Waals surface area contributed by atoms with Gasteiger partial charge in [0.25, 0.3) is 5.91 Å². The Bertz CT molecular complexity index is 816. The molecule has 0 spiro atoms. The molecule has 1 unspecified atom stereocenters. The minimum Gasteiger partial charge on any atom is -0.493 e. The zero-order chi connectivity index (χ0) is 19.4. The Kier molecular flexibility index (Phi) is 5.46. The number of methoxy groups -OCH3 is 2. The first-order valence-corrected chi connectivity index (χ1v) is 8.71. The van der Waals surface area contributed by atoms with Crippen LogP contribution in [0.3, 0.4) is 0 Å². The number of ether oxygens (including phenoxy) is 2. The van der Waals surface area contributed by atoms with E-state index in [1.54, 1.807) is 10.9 Å². The second-order valence-electron chi connectivity index (χ2n) is 6.67. The van der Waals surface area contributed by atoms with Crippen LogP contribution in [0.2, 0.25) is 0 Å². The Balaban J connectivity index is 1.89. The minimum atomic E-state index is -1.10. The van der Waals surface area contributed by atoms with E-state index in [2.05, 4.69) is 5.10 Å². The SMILES string of the molecule is COCC1(C(=O)O)CCCN(C(=O)c2nn(-c3ccccc3)cc2OC)C1. The minimum absolute atomic E-state index is 0.0572. The molecule has 2 heterocycles. The topological polar surface area (TPSA) is 93.9 Å². The molecule has 0 aliphatic carbocycles. The van der Waals surface area contributed by atoms with Crippen LogP contribution >= 0.6 is 0 Å². The molecule has 3 rings (SSSR count). The second-order valence-corrected chi connectivity index (χ2v) is 6.67. The summed E-state index contributed by atoms with van der Waals surface area (Å²) in [6.07, 6.45) is 2.70. The largest absolute Gasteiger partial charge is 0.493 e. The lowest BCUT2D eigenvalue weighted by Crippen LogP contribution is -2.52. The fraction of sp³-hybridized carbons (Fsp3) is 0.421. The van der Waals surface area contributed by atoms with E-state index in [-0.39, 0.29) is 24.8 Å². The van der Waals surface area contributed by atoms with Crippen molar-refractivity contribution in [1.29, 1.82) is 0 Å². The van der Waals surface area contributed by atoms with E-state index in [0.717, 1.165) is 5.69 Å². The predicted octanol–water partition coefficient (Wildman–Crippen LogP) is 1.83. The predicted molar refractivity (Wildman–Crippen MR) is 97.2 cm³/mol. The molecular weight excluding hydrogens is 350 g/mol. The molecule has 1 amide bonds. The molecule has 1 saturated heterocycles. The van der Waals surface area contributed by atoms with Crippen LogP contribution in [0.25, 0.3) is 5.69 Å². The number of carbonyl (C=O) groups excluding carboxylic acids is 1. The van der Waals surface area contributed by atoms with E-state index in [9.17, 15) is 14.7 Å². The van der Waals surface area contributed by atoms with Gasteiger partial charge in [0.1, 0.15) is 5.41 Å². The molecule has 0 radical (unpaired) electrons. The van der Waals surface area contributed by atoms with Crippen LogP contribution in [0.4, 0.5) is 0 Å². The van der Waals surface area contributed by atoms with Gasteiger partial charge in [-0.1, -0.05) is 18.2 Å². The highest BCUT2D eigenvalue weighted by molar-refractivity contribution is 5.95. The first kappa shape index (κ1) is 18.9. The third-order valence-electron chi connectivity index (χ3n) is 4.86. The number of amides is 1. The standard InChI is InChI=1S/C19H23N3O5/c1-26-13-19(18(24)25)9-6-10-21(12-19)17(23)16-15(27-2)11-22(20-16)14-7-4-3-5-8-14/h3-5,7-8,11H,6,9-10,12-13H2,1-2H3,(H,24,25). The number of piperidine rings is 1. The average molecular weight is 373 g/mol. The van der Waals surface area contributed by atoms with Gasteiger partial charge in [-0.15, -0.1) is 0 Å². The molecule has 2 aromatic rings. The number of benzene rings is 1. The van der Waals surface area contributed by atoms with Crippen LogP contribution in [0, 0.1) is 5.41 Å². The van der Waals surface area contributed by atoms with Crippen molar-refractivity contribution in [3.05, 3.63) is 42.2 Å². The molecule has 1 aliphatic heterocycles. The van der Waals surface area contributed by atoms with Crippen molar-refractivity contribution in [3.63, 3.8) is 0 Å². The van der Waals surface area contributed by atoms with Crippen molar-refractivity contribution in [2.45, 2.75) is 12.8 Å². The summed E-state index contributed by atoms with van der Waals surface area (Å²) in [5.41, 5.74) is -0.134. The Labute approximate surface area is 157 Å². The molecular formula is C19H23N3O5. The van der Waals surface area contributed by atoms with Crippen molar-refractivity contribution in [3.8, 4) is 11.4 Å². The summed E-state index contributed by atoms with van der Waals surface area (Å²) in [4.78, 5) is 26.4. The van der Waals surface area contributed by atoms with Crippen LogP contribution in [0.5, 0.6) is 5.75 Å². The number of likely N-dealkylation sites (tertiary alicyclic amines) is 1. The van der Waals surface area contributed by atoms with E-state index in [1.165, 1.54) is 19.1 Å². The Morgan fingerprint density at radius 1 is 1.26 bits per heavy atom. The van der Waals surface area contributed by atoms with Gasteiger partial charge in [-0.05, 0) is 25.0 Å². The summed E-state index contributed by atoms with van der Waals surface area (Å²) in [5.74, 6) is -0.950. The number of carbonyl (C=O) groups is 2. The molecule has 144 valence electrons. The summed E-state index contributed by atoms with van der Waals surface area (Å²) in [6.45, 7) is 0.608. The van der Waals surface area contributed by atoms with Gasteiger partial charge in [0.05, 0.1) is 25.6 Å². The summed E-state index contributed by atoms with van der Waals surface area (Å²) in [7, 11) is 2.95. The van der Waals surface area contributed by atoms with E-state index in [4.69, 9.17) is 9.47 Å². The van der Waals surface area contributed by atoms with Crippen molar-refractivity contribution in [2.24, 2.45) is 5.41 Å². The number of aromatic nitrogens is 2. The van der Waals surface area contributed by atoms with E-state index in [0.29, 0.717) is 25.1 Å². The fourth-order valence-corrected chi connectivity index (χ4v) is 3.45. The van der Waals surface area contributed by atoms with Crippen LogP contribution in [-0.4, -0.2) is 65.6 Å². The van der Waals surface area contributed by atoms with Gasteiger partial charge in [0, 0.05) is 20.2 Å². The number of carboxylic acids is 1. The first-order chi connectivity index (χ1) is 13.0. The molecule has 27 heavy (non-hydrogen) atoms. The molecule has 8 heteroatoms. The van der Waals surface area contributed by atoms with E-state index >= 15 is 0 Å².